The van der Waals surface area contributed by atoms with Crippen molar-refractivity contribution >= 4 is 28.2 Å². The molecule has 2 heterocycles. The van der Waals surface area contributed by atoms with Crippen molar-refractivity contribution in [2.75, 3.05) is 51.4 Å². The number of aromatic nitrogens is 1. The van der Waals surface area contributed by atoms with Crippen LogP contribution < -0.4 is 20.7 Å². The molecule has 1 aliphatic rings. The second-order valence-corrected chi connectivity index (χ2v) is 9.33. The lowest BCUT2D eigenvalue weighted by molar-refractivity contribution is -0.140. The van der Waals surface area contributed by atoms with Gasteiger partial charge in [0, 0.05) is 36.8 Å². The van der Waals surface area contributed by atoms with Crippen molar-refractivity contribution in [2.45, 2.75) is 31.4 Å². The van der Waals surface area contributed by atoms with Crippen LogP contribution >= 0.6 is 0 Å². The van der Waals surface area contributed by atoms with Crippen LogP contribution in [-0.4, -0.2) is 74.5 Å². The molecule has 7 nitrogen and oxygen atoms in total. The van der Waals surface area contributed by atoms with Gasteiger partial charge in [-0.25, -0.2) is 4.39 Å². The zero-order valence-corrected chi connectivity index (χ0v) is 21.5. The minimum Gasteiger partial charge on any atom is -0.495 e. The summed E-state index contributed by atoms with van der Waals surface area (Å²) < 4.78 is 83.7. The number of anilines is 2. The summed E-state index contributed by atoms with van der Waals surface area (Å²) in [5.41, 5.74) is 1.33. The van der Waals surface area contributed by atoms with Crippen LogP contribution in [0.25, 0.3) is 10.9 Å². The van der Waals surface area contributed by atoms with Gasteiger partial charge in [-0.2, -0.15) is 13.2 Å². The molecule has 0 saturated carbocycles. The van der Waals surface area contributed by atoms with E-state index in [1.54, 1.807) is 24.3 Å². The molecule has 0 bridgehead atoms. The van der Waals surface area contributed by atoms with Crippen molar-refractivity contribution in [3.8, 4) is 17.6 Å². The maximum Gasteiger partial charge on any atom is 0.406 e. The number of rotatable bonds is 7. The van der Waals surface area contributed by atoms with Crippen molar-refractivity contribution in [2.24, 2.45) is 0 Å². The summed E-state index contributed by atoms with van der Waals surface area (Å²) in [6.45, 7) is -0.385. The van der Waals surface area contributed by atoms with Crippen molar-refractivity contribution in [3.05, 3.63) is 53.7 Å². The average Bonchev–Trinajstić information content (AvgIpc) is 3.24. The Morgan fingerprint density at radius 3 is 2.77 bits per heavy atom. The molecule has 4 rings (SSSR count). The summed E-state index contributed by atoms with van der Waals surface area (Å²) in [5.74, 6) is 5.00. The van der Waals surface area contributed by atoms with E-state index >= 15 is 0 Å². The number of methoxy groups -OCH3 is 1. The predicted molar refractivity (Wildman–Crippen MR) is 144 cm³/mol. The third-order valence-corrected chi connectivity index (χ3v) is 6.53. The van der Waals surface area contributed by atoms with Crippen LogP contribution in [0, 0.1) is 11.8 Å². The van der Waals surface area contributed by atoms with E-state index < -0.39 is 37.9 Å². The fourth-order valence-electron chi connectivity index (χ4n) is 4.60. The fraction of sp³-hybridized carbons (Fsp3) is 0.393. The second kappa shape index (κ2) is 11.9. The highest BCUT2D eigenvalue weighted by atomic mass is 19.4. The number of nitrogens with zero attached hydrogens (tertiary/aromatic N) is 2. The molecule has 1 amide bonds. The number of carbonyl (C=O) groups excluding carboxylic acids is 1. The van der Waals surface area contributed by atoms with Crippen LogP contribution in [0.4, 0.5) is 28.9 Å². The summed E-state index contributed by atoms with van der Waals surface area (Å²) in [6.07, 6.45) is -5.10. The second-order valence-electron chi connectivity index (χ2n) is 9.33. The number of carbonyl (C=O) groups is 1. The van der Waals surface area contributed by atoms with Crippen molar-refractivity contribution in [1.29, 1.82) is 0 Å². The number of piperidine rings is 1. The first kappa shape index (κ1) is 24.2. The topological polar surface area (TPSA) is 70.6 Å². The quantitative estimate of drug-likeness (QED) is 0.300. The van der Waals surface area contributed by atoms with E-state index in [0.29, 0.717) is 29.6 Å². The molecule has 11 heteroatoms. The molecule has 0 unspecified atom stereocenters. The first-order chi connectivity index (χ1) is 19.7. The summed E-state index contributed by atoms with van der Waals surface area (Å²) >= 11 is 0. The SMILES string of the molecule is [2H]C([2H])([2H])Oc1cc(C(=O)NC)ccc1NCC#Cc1cc2c(N[C@@H]3CCN(C)C[C@@H]3F)cccc2n1CC(F)(F)F. The van der Waals surface area contributed by atoms with Crippen LogP contribution in [0.2, 0.25) is 0 Å². The van der Waals surface area contributed by atoms with E-state index in [1.807, 2.05) is 11.9 Å². The molecule has 0 spiro atoms. The van der Waals surface area contributed by atoms with Crippen LogP contribution in [0.1, 0.15) is 26.6 Å². The highest BCUT2D eigenvalue weighted by Crippen LogP contribution is 2.32. The number of amides is 1. The molecule has 3 aromatic rings. The van der Waals surface area contributed by atoms with Gasteiger partial charge in [-0.1, -0.05) is 12.0 Å². The Hall–Kier alpha value is -3.91. The van der Waals surface area contributed by atoms with Gasteiger partial charge in [0.2, 0.25) is 0 Å². The van der Waals surface area contributed by atoms with Crippen LogP contribution in [0.3, 0.4) is 0 Å². The van der Waals surface area contributed by atoms with Crippen molar-refractivity contribution < 1.29 is 31.2 Å². The highest BCUT2D eigenvalue weighted by molar-refractivity contribution is 5.95. The van der Waals surface area contributed by atoms with E-state index in [9.17, 15) is 22.4 Å². The number of halogens is 4. The lowest BCUT2D eigenvalue weighted by Gasteiger charge is -2.33. The molecule has 2 atom stereocenters. The standard InChI is InChI=1S/C28H31F4N5O2/c1-33-27(38)18-9-10-24(26(14-18)39-3)34-12-5-6-19-15-20-22(35-23-11-13-36(2)16-21(23)29)7-4-8-25(20)37(19)17-28(30,31)32/h4,7-10,14-15,21,23,34-35H,11-13,16-17H2,1-3H3,(H,33,38)/t21-,23+/m0/s1/i3D3. The molecule has 208 valence electrons. The molecular formula is C28H31F4N5O2. The lowest BCUT2D eigenvalue weighted by Crippen LogP contribution is -2.46. The molecule has 2 aromatic carbocycles. The van der Waals surface area contributed by atoms with Crippen LogP contribution in [0.15, 0.2) is 42.5 Å². The van der Waals surface area contributed by atoms with E-state index in [0.717, 1.165) is 4.57 Å². The van der Waals surface area contributed by atoms with Gasteiger partial charge in [-0.15, -0.1) is 0 Å². The number of nitrogens with one attached hydrogen (secondary N) is 3. The van der Waals surface area contributed by atoms with Crippen LogP contribution in [0.5, 0.6) is 5.75 Å². The summed E-state index contributed by atoms with van der Waals surface area (Å²) in [5, 5.41) is 9.01. The molecule has 0 radical (unpaired) electrons. The Bertz CT molecular complexity index is 1500. The van der Waals surface area contributed by atoms with Gasteiger partial charge in [-0.05, 0) is 55.8 Å². The Morgan fingerprint density at radius 1 is 1.23 bits per heavy atom. The number of alkyl halides is 4. The molecule has 1 fully saturated rings. The van der Waals surface area contributed by atoms with Crippen molar-refractivity contribution in [3.63, 3.8) is 0 Å². The smallest absolute Gasteiger partial charge is 0.406 e. The first-order valence-corrected chi connectivity index (χ1v) is 12.3. The Morgan fingerprint density at radius 2 is 2.05 bits per heavy atom. The van der Waals surface area contributed by atoms with Gasteiger partial charge in [0.15, 0.2) is 0 Å². The lowest BCUT2D eigenvalue weighted by atomic mass is 10.0. The minimum atomic E-state index is -4.52. The van der Waals surface area contributed by atoms with Gasteiger partial charge >= 0.3 is 6.18 Å². The van der Waals surface area contributed by atoms with Crippen LogP contribution in [-0.2, 0) is 6.54 Å². The zero-order chi connectivity index (χ0) is 30.7. The summed E-state index contributed by atoms with van der Waals surface area (Å²) in [7, 11) is 0.475. The van der Waals surface area contributed by atoms with Crippen molar-refractivity contribution in [1.82, 2.24) is 14.8 Å². The van der Waals surface area contributed by atoms with Gasteiger partial charge in [0.05, 0.1) is 40.6 Å². The number of hydrogen-bond donors (Lipinski definition) is 3. The third-order valence-electron chi connectivity index (χ3n) is 6.53. The maximum absolute atomic E-state index is 14.7. The van der Waals surface area contributed by atoms with E-state index in [-0.39, 0.29) is 35.8 Å². The Balaban J connectivity index is 1.61. The molecule has 1 aliphatic heterocycles. The number of ether oxygens (including phenoxy) is 1. The third kappa shape index (κ3) is 6.75. The molecular weight excluding hydrogens is 514 g/mol. The molecule has 1 saturated heterocycles. The summed E-state index contributed by atoms with van der Waals surface area (Å²) in [6, 6.07) is 10.1. The van der Waals surface area contributed by atoms with Gasteiger partial charge in [0.25, 0.3) is 5.91 Å². The number of likely N-dealkylation sites (tertiary alicyclic amines) is 1. The molecule has 0 aliphatic carbocycles. The van der Waals surface area contributed by atoms with Gasteiger partial charge < -0.3 is 30.2 Å². The number of hydrogen-bond acceptors (Lipinski definition) is 5. The van der Waals surface area contributed by atoms with E-state index in [1.165, 1.54) is 25.2 Å². The van der Waals surface area contributed by atoms with E-state index in [4.69, 9.17) is 8.85 Å². The highest BCUT2D eigenvalue weighted by Gasteiger charge is 2.31. The summed E-state index contributed by atoms with van der Waals surface area (Å²) in [4.78, 5) is 13.9. The fourth-order valence-corrected chi connectivity index (χ4v) is 4.60. The monoisotopic (exact) mass is 548 g/mol. The minimum absolute atomic E-state index is 0.0749. The van der Waals surface area contributed by atoms with Gasteiger partial charge in [0.1, 0.15) is 18.5 Å². The van der Waals surface area contributed by atoms with Gasteiger partial charge in [-0.3, -0.25) is 4.79 Å². The zero-order valence-electron chi connectivity index (χ0n) is 24.5. The predicted octanol–water partition coefficient (Wildman–Crippen LogP) is 4.49. The normalized spacial score (nSPS) is 19.3. The number of fused-ring (bicyclic) bond motifs is 1. The first-order valence-electron chi connectivity index (χ1n) is 13.8. The largest absolute Gasteiger partial charge is 0.495 e. The molecule has 39 heavy (non-hydrogen) atoms. The molecule has 3 N–H and O–H groups in total. The Labute approximate surface area is 228 Å². The van der Waals surface area contributed by atoms with E-state index in [2.05, 4.69) is 27.8 Å². The molecule has 1 aromatic heterocycles. The Kier molecular flexibility index (Phi) is 7.35. The maximum atomic E-state index is 14.7. The average molecular weight is 549 g/mol. The number of benzene rings is 2.